The van der Waals surface area contributed by atoms with Crippen molar-refractivity contribution in [1.29, 1.82) is 0 Å². The highest BCUT2D eigenvalue weighted by Gasteiger charge is 2.55. The van der Waals surface area contributed by atoms with Crippen LogP contribution in [0.4, 0.5) is 0 Å². The molecule has 6 heteroatoms. The quantitative estimate of drug-likeness (QED) is 0.654. The highest BCUT2D eigenvalue weighted by molar-refractivity contribution is 5.95. The molecule has 2 amide bonds. The molecule has 4 fully saturated rings. The van der Waals surface area contributed by atoms with Crippen LogP contribution in [0.25, 0.3) is 0 Å². The predicted octanol–water partition coefficient (Wildman–Crippen LogP) is 3.57. The Hall–Kier alpha value is -2.24. The third-order valence-corrected chi connectivity index (χ3v) is 7.72. The third kappa shape index (κ3) is 4.39. The molecule has 1 heterocycles. The van der Waals surface area contributed by atoms with Gasteiger partial charge in [-0.2, -0.15) is 0 Å². The van der Waals surface area contributed by atoms with E-state index in [1.165, 1.54) is 26.2 Å². The van der Waals surface area contributed by atoms with Gasteiger partial charge in [-0.05, 0) is 88.2 Å². The highest BCUT2D eigenvalue weighted by Crippen LogP contribution is 2.60. The van der Waals surface area contributed by atoms with Crippen LogP contribution in [-0.4, -0.2) is 28.6 Å². The second kappa shape index (κ2) is 8.36. The zero-order valence-corrected chi connectivity index (χ0v) is 19.2. The lowest BCUT2D eigenvalue weighted by atomic mass is 9.49. The number of ketones is 1. The first-order chi connectivity index (χ1) is 14.7. The SMILES string of the molecule is CC(=O)c1ccc(CNC(=O)[C@H](NC(=O)C23CC4CC(CC(C4)C2)C3)C(C)C)nc1C. The van der Waals surface area contributed by atoms with Gasteiger partial charge in [-0.1, -0.05) is 13.8 Å². The average Bonchev–Trinajstić information content (AvgIpc) is 2.68. The molecule has 0 unspecified atom stereocenters. The normalized spacial score (nSPS) is 29.6. The molecule has 5 rings (SSSR count). The van der Waals surface area contributed by atoms with Gasteiger partial charge in [-0.15, -0.1) is 0 Å². The van der Waals surface area contributed by atoms with Gasteiger partial charge in [0.1, 0.15) is 6.04 Å². The van der Waals surface area contributed by atoms with Crippen molar-refractivity contribution >= 4 is 17.6 Å². The molecule has 1 aromatic rings. The molecule has 0 aromatic carbocycles. The molecule has 0 aliphatic heterocycles. The highest BCUT2D eigenvalue weighted by atomic mass is 16.2. The van der Waals surface area contributed by atoms with E-state index in [1.807, 2.05) is 13.8 Å². The van der Waals surface area contributed by atoms with E-state index in [-0.39, 0.29) is 35.5 Å². The summed E-state index contributed by atoms with van der Waals surface area (Å²) in [6.07, 6.45) is 6.83. The standard InChI is InChI=1S/C25H35N3O3/c1-14(2)22(23(30)26-13-20-5-6-21(16(4)29)15(3)27-20)28-24(31)25-10-17-7-18(11-25)9-19(8-17)12-25/h5-6,14,17-19,22H,7-13H2,1-4H3,(H,26,30)(H,28,31)/t17?,18?,19?,22-,25?/m1/s1. The van der Waals surface area contributed by atoms with Gasteiger partial charge in [0.2, 0.25) is 11.8 Å². The number of carbonyl (C=O) groups excluding carboxylic acids is 3. The first kappa shape index (κ1) is 22.0. The Bertz CT molecular complexity index is 857. The molecule has 168 valence electrons. The first-order valence-corrected chi connectivity index (χ1v) is 11.7. The Labute approximate surface area is 185 Å². The minimum Gasteiger partial charge on any atom is -0.349 e. The summed E-state index contributed by atoms with van der Waals surface area (Å²) < 4.78 is 0. The maximum atomic E-state index is 13.4. The molecule has 0 radical (unpaired) electrons. The molecular weight excluding hydrogens is 390 g/mol. The monoisotopic (exact) mass is 425 g/mol. The number of rotatable bonds is 7. The van der Waals surface area contributed by atoms with Crippen molar-refractivity contribution < 1.29 is 14.4 Å². The van der Waals surface area contributed by atoms with Crippen LogP contribution in [-0.2, 0) is 16.1 Å². The van der Waals surface area contributed by atoms with Crippen LogP contribution in [0.15, 0.2) is 12.1 Å². The maximum Gasteiger partial charge on any atom is 0.243 e. The summed E-state index contributed by atoms with van der Waals surface area (Å²) >= 11 is 0. The molecule has 4 saturated carbocycles. The summed E-state index contributed by atoms with van der Waals surface area (Å²) in [6.45, 7) is 7.52. The van der Waals surface area contributed by atoms with Crippen molar-refractivity contribution in [1.82, 2.24) is 15.6 Å². The van der Waals surface area contributed by atoms with E-state index >= 15 is 0 Å². The summed E-state index contributed by atoms with van der Waals surface area (Å²) in [5.41, 5.74) is 1.70. The Morgan fingerprint density at radius 1 is 1.06 bits per heavy atom. The Morgan fingerprint density at radius 2 is 1.65 bits per heavy atom. The molecule has 31 heavy (non-hydrogen) atoms. The summed E-state index contributed by atoms with van der Waals surface area (Å²) in [5, 5.41) is 6.06. The molecule has 0 saturated heterocycles. The molecule has 1 aromatic heterocycles. The lowest BCUT2D eigenvalue weighted by Gasteiger charge is -2.55. The van der Waals surface area contributed by atoms with E-state index in [9.17, 15) is 14.4 Å². The van der Waals surface area contributed by atoms with Crippen molar-refractivity contribution in [3.8, 4) is 0 Å². The Balaban J connectivity index is 1.39. The number of carbonyl (C=O) groups is 3. The van der Waals surface area contributed by atoms with Crippen molar-refractivity contribution in [3.05, 3.63) is 29.1 Å². The molecule has 4 aliphatic rings. The number of hydrogen-bond donors (Lipinski definition) is 2. The van der Waals surface area contributed by atoms with Gasteiger partial charge < -0.3 is 10.6 Å². The second-order valence-corrected chi connectivity index (χ2v) is 10.6. The Morgan fingerprint density at radius 3 is 2.13 bits per heavy atom. The fourth-order valence-electron chi connectivity index (χ4n) is 6.59. The number of hydrogen-bond acceptors (Lipinski definition) is 4. The van der Waals surface area contributed by atoms with Crippen LogP contribution in [0.1, 0.15) is 81.0 Å². The number of aromatic nitrogens is 1. The molecule has 1 atom stereocenters. The van der Waals surface area contributed by atoms with Crippen LogP contribution in [0.5, 0.6) is 0 Å². The van der Waals surface area contributed by atoms with Gasteiger partial charge >= 0.3 is 0 Å². The van der Waals surface area contributed by atoms with Crippen LogP contribution < -0.4 is 10.6 Å². The van der Waals surface area contributed by atoms with E-state index in [1.54, 1.807) is 19.1 Å². The zero-order valence-electron chi connectivity index (χ0n) is 19.2. The summed E-state index contributed by atoms with van der Waals surface area (Å²) in [4.78, 5) is 42.4. The number of pyridine rings is 1. The van der Waals surface area contributed by atoms with E-state index in [2.05, 4.69) is 15.6 Å². The number of aryl methyl sites for hydroxylation is 1. The number of Topliss-reactive ketones (excluding diaryl/α,β-unsaturated/α-hetero) is 1. The minimum atomic E-state index is -0.557. The van der Waals surface area contributed by atoms with Gasteiger partial charge in [0, 0.05) is 16.7 Å². The summed E-state index contributed by atoms with van der Waals surface area (Å²) in [6, 6.07) is 2.96. The van der Waals surface area contributed by atoms with E-state index < -0.39 is 6.04 Å². The second-order valence-electron chi connectivity index (χ2n) is 10.6. The number of nitrogens with zero attached hydrogens (tertiary/aromatic N) is 1. The van der Waals surface area contributed by atoms with E-state index in [0.29, 0.717) is 34.7 Å². The van der Waals surface area contributed by atoms with E-state index in [0.717, 1.165) is 19.3 Å². The van der Waals surface area contributed by atoms with E-state index in [4.69, 9.17) is 0 Å². The lowest BCUT2D eigenvalue weighted by Crippen LogP contribution is -2.58. The van der Waals surface area contributed by atoms with Crippen LogP contribution >= 0.6 is 0 Å². The van der Waals surface area contributed by atoms with Gasteiger partial charge in [-0.3, -0.25) is 19.4 Å². The van der Waals surface area contributed by atoms with Gasteiger partial charge in [0.05, 0.1) is 12.2 Å². The first-order valence-electron chi connectivity index (χ1n) is 11.7. The van der Waals surface area contributed by atoms with Crippen molar-refractivity contribution in [2.45, 2.75) is 78.8 Å². The zero-order chi connectivity index (χ0) is 22.3. The fraction of sp³-hybridized carbons (Fsp3) is 0.680. The molecule has 0 spiro atoms. The van der Waals surface area contributed by atoms with Gasteiger partial charge in [-0.25, -0.2) is 0 Å². The number of amides is 2. The molecule has 6 nitrogen and oxygen atoms in total. The topological polar surface area (TPSA) is 88.2 Å². The number of nitrogens with one attached hydrogen (secondary N) is 2. The van der Waals surface area contributed by atoms with Crippen molar-refractivity contribution in [2.75, 3.05) is 0 Å². The third-order valence-electron chi connectivity index (χ3n) is 7.72. The Kier molecular flexibility index (Phi) is 5.93. The minimum absolute atomic E-state index is 0.00681. The fourth-order valence-corrected chi connectivity index (χ4v) is 6.59. The molecular formula is C25H35N3O3. The lowest BCUT2D eigenvalue weighted by molar-refractivity contribution is -0.149. The van der Waals surface area contributed by atoms with Gasteiger partial charge in [0.15, 0.2) is 5.78 Å². The summed E-state index contributed by atoms with van der Waals surface area (Å²) in [5.74, 6) is 1.95. The summed E-state index contributed by atoms with van der Waals surface area (Å²) in [7, 11) is 0. The largest absolute Gasteiger partial charge is 0.349 e. The van der Waals surface area contributed by atoms with Crippen LogP contribution in [0, 0.1) is 36.0 Å². The maximum absolute atomic E-state index is 13.4. The van der Waals surface area contributed by atoms with Crippen molar-refractivity contribution in [3.63, 3.8) is 0 Å². The molecule has 4 aliphatic carbocycles. The smallest absolute Gasteiger partial charge is 0.243 e. The van der Waals surface area contributed by atoms with Gasteiger partial charge in [0.25, 0.3) is 0 Å². The molecule has 4 bridgehead atoms. The van der Waals surface area contributed by atoms with Crippen LogP contribution in [0.2, 0.25) is 0 Å². The average molecular weight is 426 g/mol. The predicted molar refractivity (Wildman–Crippen MR) is 118 cm³/mol. The van der Waals surface area contributed by atoms with Crippen LogP contribution in [0.3, 0.4) is 0 Å². The van der Waals surface area contributed by atoms with Crippen molar-refractivity contribution in [2.24, 2.45) is 29.1 Å². The molecule has 2 N–H and O–H groups in total.